The molecule has 0 spiro atoms. The molecule has 0 unspecified atom stereocenters. The molecule has 0 heterocycles. The van der Waals surface area contributed by atoms with Gasteiger partial charge >= 0.3 is 5.97 Å². The van der Waals surface area contributed by atoms with Crippen LogP contribution in [-0.2, 0) is 4.74 Å². The van der Waals surface area contributed by atoms with Crippen molar-refractivity contribution in [2.45, 2.75) is 6.92 Å². The van der Waals surface area contributed by atoms with Crippen LogP contribution < -0.4 is 5.73 Å². The van der Waals surface area contributed by atoms with Crippen molar-refractivity contribution in [1.29, 1.82) is 0 Å². The summed E-state index contributed by atoms with van der Waals surface area (Å²) in [6, 6.07) is 15.2. The standard InChI is InChI=1S/C17H17NO2/c1-13-7-5-11-15(16(13)18)17(19)20-12-6-10-14-8-3-2-4-9-14/h2-11H,12,18H2,1H3. The maximum atomic E-state index is 11.9. The number of carbonyl (C=O) groups is 1. The Labute approximate surface area is 118 Å². The first kappa shape index (κ1) is 13.9. The Hall–Kier alpha value is -2.55. The van der Waals surface area contributed by atoms with E-state index in [1.54, 1.807) is 18.2 Å². The lowest BCUT2D eigenvalue weighted by atomic mass is 10.1. The van der Waals surface area contributed by atoms with Crippen LogP contribution >= 0.6 is 0 Å². The molecule has 102 valence electrons. The van der Waals surface area contributed by atoms with Gasteiger partial charge in [0.2, 0.25) is 0 Å². The first-order chi connectivity index (χ1) is 9.68. The third-order valence-electron chi connectivity index (χ3n) is 2.96. The van der Waals surface area contributed by atoms with Gasteiger partial charge in [0.15, 0.2) is 0 Å². The first-order valence-corrected chi connectivity index (χ1v) is 6.42. The summed E-state index contributed by atoms with van der Waals surface area (Å²) in [6.45, 7) is 2.09. The summed E-state index contributed by atoms with van der Waals surface area (Å²) in [7, 11) is 0. The second-order valence-electron chi connectivity index (χ2n) is 4.45. The lowest BCUT2D eigenvalue weighted by Gasteiger charge is -2.07. The molecule has 0 saturated carbocycles. The number of esters is 1. The Morgan fingerprint density at radius 2 is 1.90 bits per heavy atom. The highest BCUT2D eigenvalue weighted by atomic mass is 16.5. The molecule has 0 aliphatic rings. The lowest BCUT2D eigenvalue weighted by Crippen LogP contribution is -2.09. The van der Waals surface area contributed by atoms with Crippen LogP contribution in [0.3, 0.4) is 0 Å². The van der Waals surface area contributed by atoms with E-state index in [9.17, 15) is 4.79 Å². The Kier molecular flexibility index (Phi) is 4.56. The fraction of sp³-hybridized carbons (Fsp3) is 0.118. The minimum atomic E-state index is -0.399. The van der Waals surface area contributed by atoms with Crippen molar-refractivity contribution < 1.29 is 9.53 Å². The van der Waals surface area contributed by atoms with E-state index < -0.39 is 5.97 Å². The molecule has 3 nitrogen and oxygen atoms in total. The molecule has 0 aliphatic carbocycles. The van der Waals surface area contributed by atoms with Gasteiger partial charge in [0.25, 0.3) is 0 Å². The summed E-state index contributed by atoms with van der Waals surface area (Å²) >= 11 is 0. The Balaban J connectivity index is 1.93. The fourth-order valence-electron chi connectivity index (χ4n) is 1.81. The Morgan fingerprint density at radius 1 is 1.15 bits per heavy atom. The zero-order valence-electron chi connectivity index (χ0n) is 11.4. The van der Waals surface area contributed by atoms with Crippen molar-refractivity contribution in [3.05, 3.63) is 71.3 Å². The number of ether oxygens (including phenoxy) is 1. The predicted octanol–water partition coefficient (Wildman–Crippen LogP) is 3.45. The summed E-state index contributed by atoms with van der Waals surface area (Å²) in [5.41, 5.74) is 8.69. The number of anilines is 1. The number of nitrogen functional groups attached to an aromatic ring is 1. The number of benzene rings is 2. The molecule has 2 rings (SSSR count). The molecular formula is C17H17NO2. The van der Waals surface area contributed by atoms with Crippen LogP contribution in [0.1, 0.15) is 21.5 Å². The maximum Gasteiger partial charge on any atom is 0.340 e. The number of carbonyl (C=O) groups excluding carboxylic acids is 1. The second-order valence-corrected chi connectivity index (χ2v) is 4.45. The number of rotatable bonds is 4. The van der Waals surface area contributed by atoms with E-state index in [0.29, 0.717) is 11.3 Å². The molecule has 2 aromatic rings. The molecule has 0 fully saturated rings. The highest BCUT2D eigenvalue weighted by Crippen LogP contribution is 2.17. The fourth-order valence-corrected chi connectivity index (χ4v) is 1.81. The maximum absolute atomic E-state index is 11.9. The molecule has 0 amide bonds. The molecule has 3 heteroatoms. The van der Waals surface area contributed by atoms with Crippen molar-refractivity contribution in [2.24, 2.45) is 0 Å². The van der Waals surface area contributed by atoms with E-state index in [1.807, 2.05) is 49.4 Å². The van der Waals surface area contributed by atoms with Crippen molar-refractivity contribution in [1.82, 2.24) is 0 Å². The van der Waals surface area contributed by atoms with E-state index in [4.69, 9.17) is 10.5 Å². The molecule has 0 atom stereocenters. The zero-order valence-corrected chi connectivity index (χ0v) is 11.4. The van der Waals surface area contributed by atoms with Crippen LogP contribution in [-0.4, -0.2) is 12.6 Å². The van der Waals surface area contributed by atoms with Crippen LogP contribution in [0.4, 0.5) is 5.69 Å². The van der Waals surface area contributed by atoms with E-state index in [1.165, 1.54) is 0 Å². The second kappa shape index (κ2) is 6.57. The smallest absolute Gasteiger partial charge is 0.340 e. The van der Waals surface area contributed by atoms with Crippen molar-refractivity contribution in [2.75, 3.05) is 12.3 Å². The minimum Gasteiger partial charge on any atom is -0.458 e. The predicted molar refractivity (Wildman–Crippen MR) is 81.3 cm³/mol. The van der Waals surface area contributed by atoms with E-state index in [2.05, 4.69) is 0 Å². The minimum absolute atomic E-state index is 0.223. The van der Waals surface area contributed by atoms with Gasteiger partial charge in [0.1, 0.15) is 6.61 Å². The quantitative estimate of drug-likeness (QED) is 0.682. The lowest BCUT2D eigenvalue weighted by molar-refractivity contribution is 0.0551. The highest BCUT2D eigenvalue weighted by molar-refractivity contribution is 5.95. The average Bonchev–Trinajstić information content (AvgIpc) is 2.47. The molecular weight excluding hydrogens is 250 g/mol. The average molecular weight is 267 g/mol. The van der Waals surface area contributed by atoms with Gasteiger partial charge in [-0.1, -0.05) is 48.5 Å². The first-order valence-electron chi connectivity index (χ1n) is 6.42. The SMILES string of the molecule is Cc1cccc(C(=O)OCC=Cc2ccccc2)c1N. The normalized spacial score (nSPS) is 10.7. The van der Waals surface area contributed by atoms with Gasteiger partial charge in [-0.15, -0.1) is 0 Å². The van der Waals surface area contributed by atoms with Crippen molar-refractivity contribution in [3.63, 3.8) is 0 Å². The zero-order chi connectivity index (χ0) is 14.4. The van der Waals surface area contributed by atoms with E-state index >= 15 is 0 Å². The van der Waals surface area contributed by atoms with Gasteiger partial charge in [0, 0.05) is 5.69 Å². The van der Waals surface area contributed by atoms with Gasteiger partial charge in [-0.25, -0.2) is 4.79 Å². The van der Waals surface area contributed by atoms with E-state index in [-0.39, 0.29) is 6.61 Å². The van der Waals surface area contributed by atoms with Gasteiger partial charge in [0.05, 0.1) is 5.56 Å². The summed E-state index contributed by atoms with van der Waals surface area (Å²) < 4.78 is 5.18. The van der Waals surface area contributed by atoms with Crippen LogP contribution in [0.25, 0.3) is 6.08 Å². The molecule has 20 heavy (non-hydrogen) atoms. The molecule has 0 radical (unpaired) electrons. The summed E-state index contributed by atoms with van der Waals surface area (Å²) in [4.78, 5) is 11.9. The Bertz CT molecular complexity index is 618. The topological polar surface area (TPSA) is 52.3 Å². The van der Waals surface area contributed by atoms with Gasteiger partial charge in [-0.2, -0.15) is 0 Å². The number of aryl methyl sites for hydroxylation is 1. The summed E-state index contributed by atoms with van der Waals surface area (Å²) in [5.74, 6) is -0.399. The monoisotopic (exact) mass is 267 g/mol. The van der Waals surface area contributed by atoms with Crippen molar-refractivity contribution in [3.8, 4) is 0 Å². The number of nitrogens with two attached hydrogens (primary N) is 1. The van der Waals surface area contributed by atoms with E-state index in [0.717, 1.165) is 11.1 Å². The van der Waals surface area contributed by atoms with Crippen LogP contribution in [0.15, 0.2) is 54.6 Å². The molecule has 0 saturated heterocycles. The summed E-state index contributed by atoms with van der Waals surface area (Å²) in [6.07, 6.45) is 3.71. The molecule has 2 N–H and O–H groups in total. The van der Waals surface area contributed by atoms with Gasteiger partial charge in [-0.3, -0.25) is 0 Å². The van der Waals surface area contributed by atoms with Gasteiger partial charge in [-0.05, 0) is 30.2 Å². The molecule has 2 aromatic carbocycles. The van der Waals surface area contributed by atoms with Crippen LogP contribution in [0.5, 0.6) is 0 Å². The molecule has 0 bridgehead atoms. The van der Waals surface area contributed by atoms with Crippen molar-refractivity contribution >= 4 is 17.7 Å². The number of para-hydroxylation sites is 1. The van der Waals surface area contributed by atoms with Gasteiger partial charge < -0.3 is 10.5 Å². The Morgan fingerprint density at radius 3 is 2.65 bits per heavy atom. The number of hydrogen-bond donors (Lipinski definition) is 1. The van der Waals surface area contributed by atoms with Crippen LogP contribution in [0, 0.1) is 6.92 Å². The molecule has 0 aromatic heterocycles. The van der Waals surface area contributed by atoms with Crippen LogP contribution in [0.2, 0.25) is 0 Å². The summed E-state index contributed by atoms with van der Waals surface area (Å²) in [5, 5.41) is 0. The third-order valence-corrected chi connectivity index (χ3v) is 2.96. The largest absolute Gasteiger partial charge is 0.458 e. The highest BCUT2D eigenvalue weighted by Gasteiger charge is 2.11. The third kappa shape index (κ3) is 3.48. The molecule has 0 aliphatic heterocycles. The number of hydrogen-bond acceptors (Lipinski definition) is 3.